The molecule has 0 fully saturated rings. The summed E-state index contributed by atoms with van der Waals surface area (Å²) < 4.78 is 83.1. The number of ether oxygens (including phenoxy) is 1. The van der Waals surface area contributed by atoms with Gasteiger partial charge < -0.3 is 10.1 Å². The molecule has 0 heterocycles. The molecule has 2 rings (SSSR count). The predicted molar refractivity (Wildman–Crippen MR) is 104 cm³/mol. The molecule has 0 unspecified atom stereocenters. The predicted octanol–water partition coefficient (Wildman–Crippen LogP) is 6.61. The summed E-state index contributed by atoms with van der Waals surface area (Å²) in [6.07, 6.45) is -5.67. The fraction of sp³-hybridized carbons (Fsp3) is 0.409. The molecule has 170 valence electrons. The maximum Gasteiger partial charge on any atom is 0.416 e. The minimum absolute atomic E-state index is 0.0479. The molecule has 0 aliphatic rings. The zero-order valence-corrected chi connectivity index (χ0v) is 16.9. The number of hydrogen-bond donors (Lipinski definition) is 1. The molecular formula is C22H23F6NO2. The number of halogens is 6. The molecule has 0 aliphatic carbocycles. The first-order chi connectivity index (χ1) is 14.5. The van der Waals surface area contributed by atoms with Gasteiger partial charge in [0.25, 0.3) is 5.91 Å². The Morgan fingerprint density at radius 2 is 1.45 bits per heavy atom. The second-order valence-electron chi connectivity index (χ2n) is 7.03. The molecule has 0 saturated heterocycles. The summed E-state index contributed by atoms with van der Waals surface area (Å²) in [6, 6.07) is 7.35. The molecule has 0 bridgehead atoms. The van der Waals surface area contributed by atoms with Crippen molar-refractivity contribution in [3.05, 3.63) is 64.7 Å². The van der Waals surface area contributed by atoms with Crippen LogP contribution in [0.15, 0.2) is 42.5 Å². The lowest BCUT2D eigenvalue weighted by Crippen LogP contribution is -2.23. The number of carbonyl (C=O) groups excluding carboxylic acids is 1. The molecular weight excluding hydrogens is 424 g/mol. The highest BCUT2D eigenvalue weighted by molar-refractivity contribution is 5.94. The molecule has 0 aromatic heterocycles. The molecule has 0 saturated carbocycles. The Morgan fingerprint density at radius 1 is 0.871 bits per heavy atom. The lowest BCUT2D eigenvalue weighted by molar-refractivity contribution is -0.143. The van der Waals surface area contributed by atoms with E-state index in [1.807, 2.05) is 0 Å². The fourth-order valence-electron chi connectivity index (χ4n) is 2.83. The Hall–Kier alpha value is -2.71. The SMILES string of the molecule is CCCCCCOc1ccc(C(=O)NCc2cc(C(F)(F)F)cc(C(F)(F)F)c2)cc1. The van der Waals surface area contributed by atoms with E-state index in [4.69, 9.17) is 4.74 Å². The molecule has 0 atom stereocenters. The first kappa shape index (κ1) is 24.6. The van der Waals surface area contributed by atoms with Crippen LogP contribution < -0.4 is 10.1 Å². The number of amides is 1. The highest BCUT2D eigenvalue weighted by Gasteiger charge is 2.36. The quantitative estimate of drug-likeness (QED) is 0.347. The van der Waals surface area contributed by atoms with Crippen molar-refractivity contribution in [3.63, 3.8) is 0 Å². The molecule has 0 spiro atoms. The maximum absolute atomic E-state index is 12.9. The first-order valence-electron chi connectivity index (χ1n) is 9.80. The highest BCUT2D eigenvalue weighted by atomic mass is 19.4. The van der Waals surface area contributed by atoms with Gasteiger partial charge in [-0.25, -0.2) is 0 Å². The molecule has 0 aliphatic heterocycles. The van der Waals surface area contributed by atoms with E-state index in [2.05, 4.69) is 12.2 Å². The van der Waals surface area contributed by atoms with Crippen molar-refractivity contribution in [1.82, 2.24) is 5.32 Å². The van der Waals surface area contributed by atoms with E-state index in [0.29, 0.717) is 24.5 Å². The topological polar surface area (TPSA) is 38.3 Å². The second kappa shape index (κ2) is 10.5. The number of hydrogen-bond acceptors (Lipinski definition) is 2. The van der Waals surface area contributed by atoms with Crippen molar-refractivity contribution in [1.29, 1.82) is 0 Å². The molecule has 0 radical (unpaired) electrons. The summed E-state index contributed by atoms with van der Waals surface area (Å²) in [5, 5.41) is 2.34. The van der Waals surface area contributed by atoms with Gasteiger partial charge in [0, 0.05) is 12.1 Å². The summed E-state index contributed by atoms with van der Waals surface area (Å²) in [7, 11) is 0. The van der Waals surface area contributed by atoms with E-state index in [1.54, 1.807) is 12.1 Å². The van der Waals surface area contributed by atoms with E-state index in [1.165, 1.54) is 12.1 Å². The van der Waals surface area contributed by atoms with Crippen LogP contribution in [0.25, 0.3) is 0 Å². The zero-order chi connectivity index (χ0) is 23.1. The van der Waals surface area contributed by atoms with Gasteiger partial charge in [-0.2, -0.15) is 26.3 Å². The monoisotopic (exact) mass is 447 g/mol. The van der Waals surface area contributed by atoms with E-state index >= 15 is 0 Å². The third-order valence-electron chi connectivity index (χ3n) is 4.48. The van der Waals surface area contributed by atoms with E-state index in [0.717, 1.165) is 25.7 Å². The third-order valence-corrected chi connectivity index (χ3v) is 4.48. The van der Waals surface area contributed by atoms with Gasteiger partial charge >= 0.3 is 12.4 Å². The van der Waals surface area contributed by atoms with Crippen molar-refractivity contribution >= 4 is 5.91 Å². The number of benzene rings is 2. The van der Waals surface area contributed by atoms with Gasteiger partial charge in [0.05, 0.1) is 17.7 Å². The van der Waals surface area contributed by atoms with Crippen molar-refractivity contribution in [3.8, 4) is 5.75 Å². The largest absolute Gasteiger partial charge is 0.494 e. The van der Waals surface area contributed by atoms with Crippen LogP contribution in [0.5, 0.6) is 5.75 Å². The number of rotatable bonds is 9. The van der Waals surface area contributed by atoms with Gasteiger partial charge in [0.15, 0.2) is 0 Å². The van der Waals surface area contributed by atoms with E-state index in [9.17, 15) is 31.1 Å². The normalized spacial score (nSPS) is 12.0. The van der Waals surface area contributed by atoms with Gasteiger partial charge in [-0.1, -0.05) is 26.2 Å². The maximum atomic E-state index is 12.9. The Morgan fingerprint density at radius 3 is 1.97 bits per heavy atom. The molecule has 2 aromatic carbocycles. The van der Waals surface area contributed by atoms with Gasteiger partial charge in [-0.05, 0) is 54.4 Å². The summed E-state index contributed by atoms with van der Waals surface area (Å²) in [4.78, 5) is 12.2. The standard InChI is InChI=1S/C22H23F6NO2/c1-2-3-4-5-10-31-19-8-6-16(7-9-19)20(30)29-14-15-11-17(21(23,24)25)13-18(12-15)22(26,27)28/h6-9,11-13H,2-5,10,14H2,1H3,(H,29,30). The summed E-state index contributed by atoms with van der Waals surface area (Å²) in [5.74, 6) is -0.0544. The lowest BCUT2D eigenvalue weighted by Gasteiger charge is -2.14. The van der Waals surface area contributed by atoms with E-state index < -0.39 is 35.9 Å². The van der Waals surface area contributed by atoms with Crippen LogP contribution in [0.3, 0.4) is 0 Å². The minimum Gasteiger partial charge on any atom is -0.494 e. The minimum atomic E-state index is -4.94. The van der Waals surface area contributed by atoms with Crippen molar-refractivity contribution in [2.24, 2.45) is 0 Å². The van der Waals surface area contributed by atoms with Crippen LogP contribution in [-0.2, 0) is 18.9 Å². The van der Waals surface area contributed by atoms with Crippen molar-refractivity contribution < 1.29 is 35.9 Å². The van der Waals surface area contributed by atoms with Gasteiger partial charge in [0.1, 0.15) is 5.75 Å². The van der Waals surface area contributed by atoms with Crippen molar-refractivity contribution in [2.45, 2.75) is 51.5 Å². The Labute approximate surface area is 176 Å². The molecule has 2 aromatic rings. The zero-order valence-electron chi connectivity index (χ0n) is 16.9. The van der Waals surface area contributed by atoms with Gasteiger partial charge in [0.2, 0.25) is 0 Å². The van der Waals surface area contributed by atoms with Crippen LogP contribution in [-0.4, -0.2) is 12.5 Å². The summed E-state index contributed by atoms with van der Waals surface area (Å²) in [5.41, 5.74) is -2.94. The molecule has 9 heteroatoms. The summed E-state index contributed by atoms with van der Waals surface area (Å²) >= 11 is 0. The highest BCUT2D eigenvalue weighted by Crippen LogP contribution is 2.36. The second-order valence-corrected chi connectivity index (χ2v) is 7.03. The average Bonchev–Trinajstić information content (AvgIpc) is 2.71. The Kier molecular flexibility index (Phi) is 8.36. The third kappa shape index (κ3) is 7.80. The number of carbonyl (C=O) groups is 1. The number of alkyl halides is 6. The van der Waals surface area contributed by atoms with Crippen molar-refractivity contribution in [2.75, 3.05) is 6.61 Å². The molecule has 1 N–H and O–H groups in total. The molecule has 3 nitrogen and oxygen atoms in total. The first-order valence-corrected chi connectivity index (χ1v) is 9.80. The lowest BCUT2D eigenvalue weighted by atomic mass is 10.0. The number of nitrogens with one attached hydrogen (secondary N) is 1. The van der Waals surface area contributed by atoms with E-state index in [-0.39, 0.29) is 17.2 Å². The Bertz CT molecular complexity index is 828. The fourth-order valence-corrected chi connectivity index (χ4v) is 2.83. The number of unbranched alkanes of at least 4 members (excludes halogenated alkanes) is 3. The van der Waals surface area contributed by atoms with Gasteiger partial charge in [-0.3, -0.25) is 4.79 Å². The molecule has 31 heavy (non-hydrogen) atoms. The van der Waals surface area contributed by atoms with Crippen LogP contribution >= 0.6 is 0 Å². The van der Waals surface area contributed by atoms with Crippen LogP contribution in [0.2, 0.25) is 0 Å². The molecule has 1 amide bonds. The van der Waals surface area contributed by atoms with Gasteiger partial charge in [-0.15, -0.1) is 0 Å². The average molecular weight is 447 g/mol. The Balaban J connectivity index is 2.00. The van der Waals surface area contributed by atoms with Crippen LogP contribution in [0.4, 0.5) is 26.3 Å². The van der Waals surface area contributed by atoms with Crippen LogP contribution in [0.1, 0.15) is 59.7 Å². The summed E-state index contributed by atoms with van der Waals surface area (Å²) in [6.45, 7) is 2.16. The smallest absolute Gasteiger partial charge is 0.416 e. The van der Waals surface area contributed by atoms with Crippen LogP contribution in [0, 0.1) is 0 Å².